The summed E-state index contributed by atoms with van der Waals surface area (Å²) in [6, 6.07) is 18.2. The summed E-state index contributed by atoms with van der Waals surface area (Å²) < 4.78 is 19.6. The second kappa shape index (κ2) is 8.51. The third-order valence-electron chi connectivity index (χ3n) is 5.50. The van der Waals surface area contributed by atoms with Crippen LogP contribution in [0.25, 0.3) is 11.1 Å². The van der Waals surface area contributed by atoms with Crippen molar-refractivity contribution in [2.45, 2.75) is 12.0 Å². The molecule has 0 heterocycles. The van der Waals surface area contributed by atoms with Crippen molar-refractivity contribution in [3.8, 4) is 11.1 Å². The van der Waals surface area contributed by atoms with Gasteiger partial charge in [-0.15, -0.1) is 0 Å². The summed E-state index contributed by atoms with van der Waals surface area (Å²) >= 11 is 3.24. The molecular weight excluding hydrogens is 465 g/mol. The Balaban J connectivity index is 1.56. The highest BCUT2D eigenvalue weighted by molar-refractivity contribution is 9.10. The molecule has 1 unspecified atom stereocenters. The van der Waals surface area contributed by atoms with Crippen molar-refractivity contribution in [3.05, 3.63) is 93.7 Å². The molecule has 4 rings (SSSR count). The van der Waals surface area contributed by atoms with Crippen molar-refractivity contribution >= 4 is 28.0 Å². The molecule has 1 aliphatic rings. The number of halogens is 2. The second-order valence-corrected chi connectivity index (χ2v) is 8.18. The average molecular weight is 484 g/mol. The second-order valence-electron chi connectivity index (χ2n) is 7.32. The van der Waals surface area contributed by atoms with Crippen LogP contribution >= 0.6 is 15.9 Å². The average Bonchev–Trinajstić information content (AvgIpc) is 3.08. The fraction of sp³-hybridized carbons (Fsp3) is 0.167. The molecule has 0 saturated heterocycles. The van der Waals surface area contributed by atoms with Crippen LogP contribution in [0.2, 0.25) is 0 Å². The Morgan fingerprint density at radius 1 is 1.06 bits per heavy atom. The monoisotopic (exact) mass is 483 g/mol. The van der Waals surface area contributed by atoms with E-state index in [1.807, 2.05) is 48.5 Å². The molecule has 1 amide bonds. The van der Waals surface area contributed by atoms with Crippen LogP contribution in [0.5, 0.6) is 0 Å². The largest absolute Gasteiger partial charge is 0.479 e. The first kappa shape index (κ1) is 21.1. The standard InChI is InChI=1S/C24H19BrFNO4/c1-27(22(23(28)29)19-12-14(26)10-11-21(19)25)24(30)31-13-20-17-8-4-2-6-15(17)16-7-3-5-9-18(16)20/h2-12,20,22H,13H2,1H3,(H,28,29). The van der Waals surface area contributed by atoms with E-state index in [9.17, 15) is 19.1 Å². The van der Waals surface area contributed by atoms with Crippen molar-refractivity contribution in [2.75, 3.05) is 13.7 Å². The lowest BCUT2D eigenvalue weighted by atomic mass is 9.98. The van der Waals surface area contributed by atoms with Gasteiger partial charge in [-0.3, -0.25) is 4.90 Å². The molecule has 1 N–H and O–H groups in total. The summed E-state index contributed by atoms with van der Waals surface area (Å²) in [6.07, 6.45) is -0.801. The van der Waals surface area contributed by atoms with Crippen molar-refractivity contribution in [1.29, 1.82) is 0 Å². The zero-order valence-electron chi connectivity index (χ0n) is 16.6. The van der Waals surface area contributed by atoms with E-state index in [-0.39, 0.29) is 18.1 Å². The number of carboxylic acids is 1. The maximum atomic E-state index is 13.7. The highest BCUT2D eigenvalue weighted by Gasteiger charge is 2.33. The van der Waals surface area contributed by atoms with Crippen molar-refractivity contribution in [2.24, 2.45) is 0 Å². The topological polar surface area (TPSA) is 66.8 Å². The Morgan fingerprint density at radius 3 is 2.23 bits per heavy atom. The molecule has 158 valence electrons. The molecule has 5 nitrogen and oxygen atoms in total. The van der Waals surface area contributed by atoms with Crippen LogP contribution in [-0.4, -0.2) is 35.7 Å². The minimum atomic E-state index is -1.40. The molecule has 0 fully saturated rings. The van der Waals surface area contributed by atoms with E-state index in [0.29, 0.717) is 4.47 Å². The zero-order chi connectivity index (χ0) is 22.1. The Bertz CT molecular complexity index is 1120. The molecule has 1 atom stereocenters. The number of hydrogen-bond acceptors (Lipinski definition) is 3. The lowest BCUT2D eigenvalue weighted by molar-refractivity contribution is -0.142. The number of rotatable bonds is 5. The molecule has 31 heavy (non-hydrogen) atoms. The first-order valence-corrected chi connectivity index (χ1v) is 10.4. The van der Waals surface area contributed by atoms with Crippen LogP contribution in [0.4, 0.5) is 9.18 Å². The number of aliphatic carboxylic acids is 1. The fourth-order valence-electron chi connectivity index (χ4n) is 4.03. The molecule has 7 heteroatoms. The van der Waals surface area contributed by atoms with Crippen molar-refractivity contribution in [1.82, 2.24) is 4.90 Å². The van der Waals surface area contributed by atoms with Gasteiger partial charge in [-0.05, 0) is 40.5 Å². The molecule has 0 saturated carbocycles. The molecule has 0 bridgehead atoms. The van der Waals surface area contributed by atoms with Crippen LogP contribution in [0.15, 0.2) is 71.2 Å². The first-order valence-electron chi connectivity index (χ1n) is 9.64. The zero-order valence-corrected chi connectivity index (χ0v) is 18.2. The number of nitrogens with zero attached hydrogens (tertiary/aromatic N) is 1. The van der Waals surface area contributed by atoms with Gasteiger partial charge in [-0.1, -0.05) is 64.5 Å². The van der Waals surface area contributed by atoms with Gasteiger partial charge in [0.2, 0.25) is 0 Å². The van der Waals surface area contributed by atoms with Crippen LogP contribution in [-0.2, 0) is 9.53 Å². The van der Waals surface area contributed by atoms with Crippen LogP contribution in [0.1, 0.15) is 28.7 Å². The summed E-state index contributed by atoms with van der Waals surface area (Å²) in [4.78, 5) is 25.6. The van der Waals surface area contributed by atoms with Gasteiger partial charge in [-0.2, -0.15) is 0 Å². The minimum Gasteiger partial charge on any atom is -0.479 e. The van der Waals surface area contributed by atoms with Crippen LogP contribution < -0.4 is 0 Å². The van der Waals surface area contributed by atoms with Gasteiger partial charge in [0, 0.05) is 23.0 Å². The van der Waals surface area contributed by atoms with E-state index < -0.39 is 23.9 Å². The molecule has 0 spiro atoms. The molecule has 1 aliphatic carbocycles. The summed E-state index contributed by atoms with van der Waals surface area (Å²) in [6.45, 7) is 0.0634. The Hall–Kier alpha value is -3.19. The number of fused-ring (bicyclic) bond motifs is 3. The first-order chi connectivity index (χ1) is 14.9. The molecular formula is C24H19BrFNO4. The molecule has 0 radical (unpaired) electrons. The SMILES string of the molecule is CN(C(=O)OCC1c2ccccc2-c2ccccc21)C(C(=O)O)c1cc(F)ccc1Br. The summed E-state index contributed by atoms with van der Waals surface area (Å²) in [5.74, 6) is -2.03. The molecule has 3 aromatic rings. The number of amides is 1. The fourth-order valence-corrected chi connectivity index (χ4v) is 4.50. The lowest BCUT2D eigenvalue weighted by Gasteiger charge is -2.26. The number of likely N-dealkylation sites (N-methyl/N-ethyl adjacent to an activating group) is 1. The molecule has 0 aromatic heterocycles. The predicted molar refractivity (Wildman–Crippen MR) is 117 cm³/mol. The third kappa shape index (κ3) is 3.93. The number of hydrogen-bond donors (Lipinski definition) is 1. The van der Waals surface area contributed by atoms with Crippen LogP contribution in [0, 0.1) is 5.82 Å². The van der Waals surface area contributed by atoms with Gasteiger partial charge in [-0.25, -0.2) is 14.0 Å². The van der Waals surface area contributed by atoms with Gasteiger partial charge in [0.05, 0.1) is 0 Å². The lowest BCUT2D eigenvalue weighted by Crippen LogP contribution is -2.37. The van der Waals surface area contributed by atoms with Crippen LogP contribution in [0.3, 0.4) is 0 Å². The van der Waals surface area contributed by atoms with E-state index in [4.69, 9.17) is 4.74 Å². The number of benzene rings is 3. The third-order valence-corrected chi connectivity index (χ3v) is 6.22. The van der Waals surface area contributed by atoms with Gasteiger partial charge < -0.3 is 9.84 Å². The maximum absolute atomic E-state index is 13.7. The van der Waals surface area contributed by atoms with E-state index in [1.54, 1.807) is 0 Å². The highest BCUT2D eigenvalue weighted by atomic mass is 79.9. The minimum absolute atomic E-state index is 0.0634. The number of carbonyl (C=O) groups is 2. The van der Waals surface area contributed by atoms with Gasteiger partial charge >= 0.3 is 12.1 Å². The smallest absolute Gasteiger partial charge is 0.410 e. The Kier molecular flexibility index (Phi) is 5.78. The Morgan fingerprint density at radius 2 is 1.65 bits per heavy atom. The normalized spacial score (nSPS) is 13.3. The summed E-state index contributed by atoms with van der Waals surface area (Å²) in [5.41, 5.74) is 4.44. The van der Waals surface area contributed by atoms with E-state index in [2.05, 4.69) is 15.9 Å². The summed E-state index contributed by atoms with van der Waals surface area (Å²) in [5, 5.41) is 9.71. The Labute approximate surface area is 187 Å². The van der Waals surface area contributed by atoms with E-state index in [0.717, 1.165) is 33.2 Å². The van der Waals surface area contributed by atoms with Gasteiger partial charge in [0.15, 0.2) is 6.04 Å². The van der Waals surface area contributed by atoms with Gasteiger partial charge in [0.1, 0.15) is 12.4 Å². The van der Waals surface area contributed by atoms with Crippen molar-refractivity contribution < 1.29 is 23.8 Å². The van der Waals surface area contributed by atoms with E-state index >= 15 is 0 Å². The number of carboxylic acid groups (broad SMARTS) is 1. The molecule has 3 aromatic carbocycles. The van der Waals surface area contributed by atoms with Crippen molar-refractivity contribution in [3.63, 3.8) is 0 Å². The number of carbonyl (C=O) groups excluding carboxylic acids is 1. The quantitative estimate of drug-likeness (QED) is 0.513. The number of ether oxygens (including phenoxy) is 1. The summed E-state index contributed by atoms with van der Waals surface area (Å²) in [7, 11) is 1.33. The maximum Gasteiger partial charge on any atom is 0.410 e. The highest BCUT2D eigenvalue weighted by Crippen LogP contribution is 2.44. The molecule has 0 aliphatic heterocycles. The van der Waals surface area contributed by atoms with E-state index in [1.165, 1.54) is 19.2 Å². The predicted octanol–water partition coefficient (Wildman–Crippen LogP) is 5.59. The van der Waals surface area contributed by atoms with Gasteiger partial charge in [0.25, 0.3) is 0 Å².